The first-order valence-electron chi connectivity index (χ1n) is 7.02. The van der Waals surface area contributed by atoms with E-state index in [4.69, 9.17) is 4.74 Å². The summed E-state index contributed by atoms with van der Waals surface area (Å²) in [5.74, 6) is 0.707. The van der Waals surface area contributed by atoms with E-state index in [1.165, 1.54) is 0 Å². The Hall–Kier alpha value is -1.65. The van der Waals surface area contributed by atoms with Crippen LogP contribution in [-0.2, 0) is 0 Å². The van der Waals surface area contributed by atoms with Crippen molar-refractivity contribution in [3.05, 3.63) is 36.5 Å². The molecular weight excluding hydrogens is 252 g/mol. The predicted molar refractivity (Wildman–Crippen MR) is 81.0 cm³/mol. The van der Waals surface area contributed by atoms with Gasteiger partial charge in [-0.3, -0.25) is 4.98 Å². The van der Waals surface area contributed by atoms with Crippen LogP contribution in [0.4, 0.5) is 0 Å². The fraction of sp³-hybridized carbons (Fsp3) is 0.438. The fourth-order valence-corrected chi connectivity index (χ4v) is 2.01. The number of pyridine rings is 1. The van der Waals surface area contributed by atoms with Crippen LogP contribution >= 0.6 is 0 Å². The van der Waals surface area contributed by atoms with Gasteiger partial charge in [0, 0.05) is 18.1 Å². The molecule has 2 N–H and O–H groups in total. The van der Waals surface area contributed by atoms with Gasteiger partial charge < -0.3 is 15.2 Å². The zero-order valence-electron chi connectivity index (χ0n) is 12.1. The average Bonchev–Trinajstić information content (AvgIpc) is 2.45. The number of hydrogen-bond acceptors (Lipinski definition) is 4. The number of nitrogens with zero attached hydrogens (tertiary/aromatic N) is 1. The molecule has 0 bridgehead atoms. The predicted octanol–water partition coefficient (Wildman–Crippen LogP) is 2.36. The molecule has 0 fully saturated rings. The SMILES string of the molecule is CCCNCC(C)(O)COc1cccc2cccnc12. The van der Waals surface area contributed by atoms with Crippen LogP contribution in [0.15, 0.2) is 36.5 Å². The molecule has 1 aromatic heterocycles. The Balaban J connectivity index is 2.02. The third-order valence-corrected chi connectivity index (χ3v) is 3.07. The number of para-hydroxylation sites is 1. The Morgan fingerprint density at radius 1 is 1.30 bits per heavy atom. The number of benzene rings is 1. The second kappa shape index (κ2) is 6.68. The lowest BCUT2D eigenvalue weighted by Crippen LogP contribution is -2.43. The van der Waals surface area contributed by atoms with Crippen LogP contribution in [0.25, 0.3) is 10.9 Å². The molecule has 0 amide bonds. The average molecular weight is 274 g/mol. The van der Waals surface area contributed by atoms with E-state index in [0.29, 0.717) is 12.3 Å². The van der Waals surface area contributed by atoms with Crippen molar-refractivity contribution in [2.45, 2.75) is 25.9 Å². The highest BCUT2D eigenvalue weighted by atomic mass is 16.5. The Labute approximate surface area is 119 Å². The molecule has 2 rings (SSSR count). The summed E-state index contributed by atoms with van der Waals surface area (Å²) in [7, 11) is 0. The van der Waals surface area contributed by atoms with Gasteiger partial charge in [-0.15, -0.1) is 0 Å². The lowest BCUT2D eigenvalue weighted by atomic mass is 10.1. The third kappa shape index (κ3) is 3.92. The molecule has 4 nitrogen and oxygen atoms in total. The Morgan fingerprint density at radius 2 is 2.10 bits per heavy atom. The van der Waals surface area contributed by atoms with Gasteiger partial charge in [0.2, 0.25) is 0 Å². The summed E-state index contributed by atoms with van der Waals surface area (Å²) < 4.78 is 5.76. The number of nitrogens with one attached hydrogen (secondary N) is 1. The van der Waals surface area contributed by atoms with E-state index >= 15 is 0 Å². The maximum absolute atomic E-state index is 10.3. The molecule has 0 aliphatic rings. The van der Waals surface area contributed by atoms with E-state index in [9.17, 15) is 5.11 Å². The van der Waals surface area contributed by atoms with Crippen LogP contribution < -0.4 is 10.1 Å². The van der Waals surface area contributed by atoms with Crippen LogP contribution in [0.3, 0.4) is 0 Å². The number of fused-ring (bicyclic) bond motifs is 1. The molecule has 0 aliphatic heterocycles. The van der Waals surface area contributed by atoms with Crippen molar-refractivity contribution >= 4 is 10.9 Å². The highest BCUT2D eigenvalue weighted by molar-refractivity contribution is 5.84. The molecule has 0 spiro atoms. The number of ether oxygens (including phenoxy) is 1. The first-order valence-corrected chi connectivity index (χ1v) is 7.02. The minimum atomic E-state index is -0.897. The molecule has 108 valence electrons. The smallest absolute Gasteiger partial charge is 0.145 e. The summed E-state index contributed by atoms with van der Waals surface area (Å²) in [5.41, 5.74) is -0.0705. The molecule has 0 radical (unpaired) electrons. The first-order chi connectivity index (χ1) is 9.62. The van der Waals surface area contributed by atoms with E-state index in [1.807, 2.05) is 30.3 Å². The highest BCUT2D eigenvalue weighted by Gasteiger charge is 2.21. The molecule has 2 aromatic rings. The van der Waals surface area contributed by atoms with Crippen molar-refractivity contribution < 1.29 is 9.84 Å². The standard InChI is InChI=1S/C16H22N2O2/c1-3-9-17-11-16(2,19)12-20-14-8-4-6-13-7-5-10-18-15(13)14/h4-8,10,17,19H,3,9,11-12H2,1-2H3. The van der Waals surface area contributed by atoms with E-state index in [-0.39, 0.29) is 6.61 Å². The number of aliphatic hydroxyl groups is 1. The molecule has 1 atom stereocenters. The molecule has 20 heavy (non-hydrogen) atoms. The summed E-state index contributed by atoms with van der Waals surface area (Å²) in [5, 5.41) is 14.5. The lowest BCUT2D eigenvalue weighted by molar-refractivity contribution is 0.0129. The molecular formula is C16H22N2O2. The molecule has 4 heteroatoms. The van der Waals surface area contributed by atoms with Gasteiger partial charge in [-0.1, -0.05) is 25.1 Å². The van der Waals surface area contributed by atoms with Gasteiger partial charge in [-0.25, -0.2) is 0 Å². The second-order valence-electron chi connectivity index (χ2n) is 5.29. The molecule has 0 aliphatic carbocycles. The molecule has 0 saturated heterocycles. The summed E-state index contributed by atoms with van der Waals surface area (Å²) in [4.78, 5) is 4.33. The van der Waals surface area contributed by atoms with Gasteiger partial charge in [-0.2, -0.15) is 0 Å². The van der Waals surface area contributed by atoms with Crippen LogP contribution in [0.2, 0.25) is 0 Å². The van der Waals surface area contributed by atoms with Gasteiger partial charge in [0.05, 0.1) is 0 Å². The van der Waals surface area contributed by atoms with E-state index in [1.54, 1.807) is 13.1 Å². The normalized spacial score (nSPS) is 14.2. The monoisotopic (exact) mass is 274 g/mol. The number of aromatic nitrogens is 1. The van der Waals surface area contributed by atoms with Crippen molar-refractivity contribution in [1.82, 2.24) is 10.3 Å². The largest absolute Gasteiger partial charge is 0.488 e. The highest BCUT2D eigenvalue weighted by Crippen LogP contribution is 2.23. The number of hydrogen-bond donors (Lipinski definition) is 2. The lowest BCUT2D eigenvalue weighted by Gasteiger charge is -2.24. The maximum Gasteiger partial charge on any atom is 0.145 e. The summed E-state index contributed by atoms with van der Waals surface area (Å²) in [6.45, 7) is 5.51. The molecule has 0 saturated carbocycles. The quantitative estimate of drug-likeness (QED) is 0.761. The Kier molecular flexibility index (Phi) is 4.93. The van der Waals surface area contributed by atoms with Gasteiger partial charge in [0.15, 0.2) is 0 Å². The first kappa shape index (κ1) is 14.8. The van der Waals surface area contributed by atoms with Crippen molar-refractivity contribution in [2.24, 2.45) is 0 Å². The molecule has 1 heterocycles. The third-order valence-electron chi connectivity index (χ3n) is 3.07. The van der Waals surface area contributed by atoms with Crippen molar-refractivity contribution in [1.29, 1.82) is 0 Å². The minimum absolute atomic E-state index is 0.236. The van der Waals surface area contributed by atoms with Crippen LogP contribution in [0, 0.1) is 0 Å². The van der Waals surface area contributed by atoms with E-state index in [2.05, 4.69) is 17.2 Å². The van der Waals surface area contributed by atoms with Crippen molar-refractivity contribution in [3.63, 3.8) is 0 Å². The molecule has 1 unspecified atom stereocenters. The van der Waals surface area contributed by atoms with E-state index in [0.717, 1.165) is 23.9 Å². The van der Waals surface area contributed by atoms with Gasteiger partial charge >= 0.3 is 0 Å². The summed E-state index contributed by atoms with van der Waals surface area (Å²) >= 11 is 0. The fourth-order valence-electron chi connectivity index (χ4n) is 2.01. The van der Waals surface area contributed by atoms with Gasteiger partial charge in [0.1, 0.15) is 23.5 Å². The van der Waals surface area contributed by atoms with Gasteiger partial charge in [-0.05, 0) is 32.0 Å². The second-order valence-corrected chi connectivity index (χ2v) is 5.29. The summed E-state index contributed by atoms with van der Waals surface area (Å²) in [6.07, 6.45) is 2.79. The van der Waals surface area contributed by atoms with Crippen molar-refractivity contribution in [3.8, 4) is 5.75 Å². The Bertz CT molecular complexity index is 550. The number of rotatable bonds is 7. The maximum atomic E-state index is 10.3. The zero-order valence-corrected chi connectivity index (χ0v) is 12.1. The topological polar surface area (TPSA) is 54.4 Å². The Morgan fingerprint density at radius 3 is 2.90 bits per heavy atom. The summed E-state index contributed by atoms with van der Waals surface area (Å²) in [6, 6.07) is 9.71. The van der Waals surface area contributed by atoms with Crippen LogP contribution in [-0.4, -0.2) is 35.4 Å². The van der Waals surface area contributed by atoms with Crippen molar-refractivity contribution in [2.75, 3.05) is 19.7 Å². The van der Waals surface area contributed by atoms with E-state index < -0.39 is 5.60 Å². The zero-order chi connectivity index (χ0) is 14.4. The van der Waals surface area contributed by atoms with Crippen LogP contribution in [0.5, 0.6) is 5.75 Å². The van der Waals surface area contributed by atoms with Gasteiger partial charge in [0.25, 0.3) is 0 Å². The molecule has 1 aromatic carbocycles. The minimum Gasteiger partial charge on any atom is -0.488 e. The van der Waals surface area contributed by atoms with Crippen LogP contribution in [0.1, 0.15) is 20.3 Å².